The van der Waals surface area contributed by atoms with Gasteiger partial charge >= 0.3 is 5.97 Å². The number of aromatic amines is 1. The molecule has 2 rings (SSSR count). The molecule has 0 saturated carbocycles. The summed E-state index contributed by atoms with van der Waals surface area (Å²) >= 11 is 0. The Morgan fingerprint density at radius 1 is 0.846 bits per heavy atom. The fraction of sp³-hybridized carbons (Fsp3) is 0.519. The molecule has 2 aromatic rings. The third-order valence-corrected chi connectivity index (χ3v) is 6.15. The molecule has 12 heteroatoms. The quantitative estimate of drug-likeness (QED) is 0.169. The maximum absolute atomic E-state index is 13.5. The Kier molecular flexibility index (Phi) is 11.5. The molecule has 1 heterocycles. The zero-order valence-corrected chi connectivity index (χ0v) is 22.8. The van der Waals surface area contributed by atoms with Gasteiger partial charge in [-0.25, -0.2) is 4.79 Å². The molecule has 4 unspecified atom stereocenters. The highest BCUT2D eigenvalue weighted by molar-refractivity contribution is 5.95. The number of carboxylic acid groups (broad SMARTS) is 1. The van der Waals surface area contributed by atoms with Crippen molar-refractivity contribution in [2.45, 2.75) is 77.5 Å². The summed E-state index contributed by atoms with van der Waals surface area (Å²) in [5.41, 5.74) is 12.5. The minimum atomic E-state index is -1.26. The topological polar surface area (TPSA) is 210 Å². The van der Waals surface area contributed by atoms with Crippen molar-refractivity contribution in [2.24, 2.45) is 23.3 Å². The van der Waals surface area contributed by atoms with Gasteiger partial charge in [-0.2, -0.15) is 0 Å². The van der Waals surface area contributed by atoms with Crippen molar-refractivity contribution in [3.8, 4) is 0 Å². The number of amides is 4. The van der Waals surface area contributed by atoms with Gasteiger partial charge in [0.1, 0.15) is 18.1 Å². The molecule has 0 radical (unpaired) electrons. The predicted molar refractivity (Wildman–Crippen MR) is 146 cm³/mol. The van der Waals surface area contributed by atoms with Gasteiger partial charge in [-0.1, -0.05) is 45.9 Å². The van der Waals surface area contributed by atoms with Crippen LogP contribution in [0.25, 0.3) is 10.9 Å². The van der Waals surface area contributed by atoms with Gasteiger partial charge in [0.15, 0.2) is 0 Å². The molecule has 4 amide bonds. The molecule has 214 valence electrons. The Hall–Kier alpha value is -3.93. The van der Waals surface area contributed by atoms with Crippen molar-refractivity contribution in [2.75, 3.05) is 0 Å². The highest BCUT2D eigenvalue weighted by atomic mass is 16.4. The highest BCUT2D eigenvalue weighted by Crippen LogP contribution is 2.19. The summed E-state index contributed by atoms with van der Waals surface area (Å²) in [7, 11) is 0. The normalized spacial score (nSPS) is 14.4. The number of nitrogens with two attached hydrogens (primary N) is 2. The molecule has 1 aromatic carbocycles. The number of hydrogen-bond donors (Lipinski definition) is 7. The Morgan fingerprint density at radius 2 is 1.38 bits per heavy atom. The van der Waals surface area contributed by atoms with Crippen LogP contribution in [0.3, 0.4) is 0 Å². The first-order chi connectivity index (χ1) is 18.3. The van der Waals surface area contributed by atoms with Crippen molar-refractivity contribution in [3.05, 3.63) is 36.0 Å². The number of aliphatic carboxylic acids is 1. The molecule has 0 aliphatic rings. The molecular formula is C27H40N6O6. The van der Waals surface area contributed by atoms with Crippen LogP contribution in [-0.2, 0) is 30.4 Å². The Morgan fingerprint density at radius 3 is 1.97 bits per heavy atom. The molecule has 4 atom stereocenters. The average Bonchev–Trinajstić information content (AvgIpc) is 3.24. The van der Waals surface area contributed by atoms with E-state index < -0.39 is 60.2 Å². The van der Waals surface area contributed by atoms with E-state index in [9.17, 15) is 29.1 Å². The van der Waals surface area contributed by atoms with Gasteiger partial charge in [-0.05, 0) is 36.3 Å². The summed E-state index contributed by atoms with van der Waals surface area (Å²) in [6.45, 7) is 7.42. The number of carboxylic acids is 1. The fourth-order valence-corrected chi connectivity index (χ4v) is 4.26. The Balaban J connectivity index is 2.31. The first-order valence-electron chi connectivity index (χ1n) is 13.0. The van der Waals surface area contributed by atoms with Crippen LogP contribution in [0.1, 0.15) is 52.5 Å². The van der Waals surface area contributed by atoms with Gasteiger partial charge in [-0.15, -0.1) is 0 Å². The summed E-state index contributed by atoms with van der Waals surface area (Å²) in [6.07, 6.45) is 1.84. The fourth-order valence-electron chi connectivity index (χ4n) is 4.26. The van der Waals surface area contributed by atoms with Crippen molar-refractivity contribution in [1.29, 1.82) is 0 Å². The molecule has 0 aliphatic carbocycles. The minimum Gasteiger partial charge on any atom is -0.480 e. The van der Waals surface area contributed by atoms with Crippen LogP contribution < -0.4 is 27.4 Å². The number of aromatic nitrogens is 1. The van der Waals surface area contributed by atoms with E-state index in [4.69, 9.17) is 11.5 Å². The van der Waals surface area contributed by atoms with Gasteiger partial charge in [0.2, 0.25) is 23.6 Å². The van der Waals surface area contributed by atoms with E-state index in [1.807, 2.05) is 52.0 Å². The largest absolute Gasteiger partial charge is 0.480 e. The smallest absolute Gasteiger partial charge is 0.326 e. The van der Waals surface area contributed by atoms with Gasteiger partial charge in [0, 0.05) is 23.5 Å². The van der Waals surface area contributed by atoms with E-state index in [-0.39, 0.29) is 31.1 Å². The van der Waals surface area contributed by atoms with Crippen LogP contribution in [0.4, 0.5) is 0 Å². The highest BCUT2D eigenvalue weighted by Gasteiger charge is 2.31. The maximum atomic E-state index is 13.5. The van der Waals surface area contributed by atoms with Crippen molar-refractivity contribution in [1.82, 2.24) is 20.9 Å². The molecule has 0 bridgehead atoms. The summed E-state index contributed by atoms with van der Waals surface area (Å²) in [5, 5.41) is 18.2. The molecule has 0 aliphatic heterocycles. The van der Waals surface area contributed by atoms with Crippen molar-refractivity contribution < 1.29 is 29.1 Å². The van der Waals surface area contributed by atoms with Crippen LogP contribution in [0, 0.1) is 11.8 Å². The molecule has 1 aromatic heterocycles. The summed E-state index contributed by atoms with van der Waals surface area (Å²) < 4.78 is 0. The minimum absolute atomic E-state index is 0.0138. The van der Waals surface area contributed by atoms with Gasteiger partial charge in [0.05, 0.1) is 12.5 Å². The number of H-pyrrole nitrogens is 1. The van der Waals surface area contributed by atoms with Gasteiger partial charge in [0.25, 0.3) is 0 Å². The zero-order valence-electron chi connectivity index (χ0n) is 22.8. The van der Waals surface area contributed by atoms with E-state index in [2.05, 4.69) is 20.9 Å². The maximum Gasteiger partial charge on any atom is 0.326 e. The summed E-state index contributed by atoms with van der Waals surface area (Å²) in [4.78, 5) is 65.4. The number of primary amides is 1. The number of hydrogen-bond acceptors (Lipinski definition) is 6. The number of fused-ring (bicyclic) bond motifs is 1. The van der Waals surface area contributed by atoms with Crippen LogP contribution in [0.5, 0.6) is 0 Å². The number of carbonyl (C=O) groups is 5. The van der Waals surface area contributed by atoms with E-state index in [0.717, 1.165) is 16.5 Å². The lowest BCUT2D eigenvalue weighted by molar-refractivity contribution is -0.143. The Labute approximate surface area is 227 Å². The van der Waals surface area contributed by atoms with E-state index in [0.29, 0.717) is 0 Å². The van der Waals surface area contributed by atoms with Gasteiger partial charge < -0.3 is 37.5 Å². The standard InChI is InChI=1S/C27H40N6O6/c1-14(2)9-20(25(36)33-22(27(38)39)10-15(3)4)32-26(37)21(31-24(35)18(28)12-23(29)34)11-16-13-30-19-8-6-5-7-17(16)19/h5-8,13-15,18,20-22,30H,9-12,28H2,1-4H3,(H2,29,34)(H,31,35)(H,32,37)(H,33,36)(H,38,39). The lowest BCUT2D eigenvalue weighted by atomic mass is 9.99. The van der Waals surface area contributed by atoms with E-state index in [1.165, 1.54) is 0 Å². The van der Waals surface area contributed by atoms with Crippen LogP contribution in [0.15, 0.2) is 30.5 Å². The molecule has 0 saturated heterocycles. The zero-order chi connectivity index (χ0) is 29.3. The number of nitrogens with one attached hydrogen (secondary N) is 4. The average molecular weight is 545 g/mol. The lowest BCUT2D eigenvalue weighted by Crippen LogP contribution is -2.58. The molecule has 0 spiro atoms. The van der Waals surface area contributed by atoms with E-state index in [1.54, 1.807) is 6.20 Å². The lowest BCUT2D eigenvalue weighted by Gasteiger charge is -2.26. The number of benzene rings is 1. The first-order valence-corrected chi connectivity index (χ1v) is 13.0. The molecule has 12 nitrogen and oxygen atoms in total. The third-order valence-electron chi connectivity index (χ3n) is 6.15. The summed E-state index contributed by atoms with van der Waals surface area (Å²) in [5.74, 6) is -3.96. The monoisotopic (exact) mass is 544 g/mol. The second-order valence-electron chi connectivity index (χ2n) is 10.6. The number of para-hydroxylation sites is 1. The number of carbonyl (C=O) groups excluding carboxylic acids is 4. The number of rotatable bonds is 15. The van der Waals surface area contributed by atoms with Crippen molar-refractivity contribution in [3.63, 3.8) is 0 Å². The van der Waals surface area contributed by atoms with Crippen LogP contribution >= 0.6 is 0 Å². The Bertz CT molecular complexity index is 1180. The predicted octanol–water partition coefficient (Wildman–Crippen LogP) is 0.544. The first kappa shape index (κ1) is 31.3. The second-order valence-corrected chi connectivity index (χ2v) is 10.6. The van der Waals surface area contributed by atoms with Crippen molar-refractivity contribution >= 4 is 40.5 Å². The summed E-state index contributed by atoms with van der Waals surface area (Å²) in [6, 6.07) is 2.87. The molecular weight excluding hydrogens is 504 g/mol. The van der Waals surface area contributed by atoms with Crippen LogP contribution in [0.2, 0.25) is 0 Å². The molecule has 9 N–H and O–H groups in total. The van der Waals surface area contributed by atoms with Crippen LogP contribution in [-0.4, -0.2) is 63.9 Å². The van der Waals surface area contributed by atoms with Gasteiger partial charge in [-0.3, -0.25) is 19.2 Å². The SMILES string of the molecule is CC(C)CC(NC(=O)C(CC(C)C)NC(=O)C(Cc1c[nH]c2ccccc12)NC(=O)C(N)CC(N)=O)C(=O)O. The van der Waals surface area contributed by atoms with E-state index >= 15 is 0 Å². The third kappa shape index (κ3) is 9.71. The molecule has 39 heavy (non-hydrogen) atoms. The molecule has 0 fully saturated rings. The second kappa shape index (κ2) is 14.3.